The lowest BCUT2D eigenvalue weighted by Gasteiger charge is -2.29. The van der Waals surface area contributed by atoms with Gasteiger partial charge in [-0.1, -0.05) is 34.6 Å². The molecule has 0 aromatic heterocycles. The van der Waals surface area contributed by atoms with Gasteiger partial charge in [-0.2, -0.15) is 0 Å². The van der Waals surface area contributed by atoms with Gasteiger partial charge in [0.15, 0.2) is 0 Å². The van der Waals surface area contributed by atoms with E-state index in [2.05, 4.69) is 0 Å². The molecule has 5 heteroatoms. The van der Waals surface area contributed by atoms with E-state index < -0.39 is 24.2 Å². The molecule has 0 aliphatic heterocycles. The first-order valence-electron chi connectivity index (χ1n) is 7.41. The van der Waals surface area contributed by atoms with Crippen LogP contribution >= 0.6 is 0 Å². The third-order valence-corrected chi connectivity index (χ3v) is 3.44. The second-order valence-corrected chi connectivity index (χ2v) is 5.60. The molecule has 0 saturated carbocycles. The highest BCUT2D eigenvalue weighted by atomic mass is 16.6. The molecule has 5 nitrogen and oxygen atoms in total. The van der Waals surface area contributed by atoms with Gasteiger partial charge in [0.25, 0.3) is 0 Å². The molecule has 0 rings (SSSR count). The van der Waals surface area contributed by atoms with E-state index in [9.17, 15) is 9.59 Å². The van der Waals surface area contributed by atoms with Gasteiger partial charge < -0.3 is 15.2 Å². The number of hydrogen-bond acceptors (Lipinski definition) is 5. The quantitative estimate of drug-likeness (QED) is 0.693. The maximum atomic E-state index is 11.8. The first-order chi connectivity index (χ1) is 9.24. The van der Waals surface area contributed by atoms with E-state index in [4.69, 9.17) is 15.2 Å². The Balaban J connectivity index is 4.77. The van der Waals surface area contributed by atoms with Gasteiger partial charge >= 0.3 is 11.9 Å². The van der Waals surface area contributed by atoms with E-state index in [0.717, 1.165) is 6.42 Å². The van der Waals surface area contributed by atoms with Gasteiger partial charge in [0.1, 0.15) is 18.2 Å². The third kappa shape index (κ3) is 5.90. The molecule has 0 amide bonds. The zero-order valence-electron chi connectivity index (χ0n) is 13.5. The molecule has 0 aliphatic rings. The smallest absolute Gasteiger partial charge is 0.323 e. The molecular weight excluding hydrogens is 258 g/mol. The molecule has 0 spiro atoms. The summed E-state index contributed by atoms with van der Waals surface area (Å²) in [5, 5.41) is 0. The Bertz CT molecular complexity index is 317. The Morgan fingerprint density at radius 2 is 1.50 bits per heavy atom. The minimum absolute atomic E-state index is 0.110. The fourth-order valence-corrected chi connectivity index (χ4v) is 1.68. The number of hydrogen-bond donors (Lipinski definition) is 1. The molecule has 0 aliphatic carbocycles. The number of ether oxygens (including phenoxy) is 2. The first kappa shape index (κ1) is 18.9. The van der Waals surface area contributed by atoms with E-state index in [1.54, 1.807) is 20.8 Å². The van der Waals surface area contributed by atoms with Crippen LogP contribution in [0.4, 0.5) is 0 Å². The van der Waals surface area contributed by atoms with E-state index in [0.29, 0.717) is 6.42 Å². The van der Waals surface area contributed by atoms with Crippen LogP contribution in [0.2, 0.25) is 0 Å². The normalized spacial score (nSPS) is 17.2. The molecular formula is C15H29NO4. The van der Waals surface area contributed by atoms with Crippen LogP contribution in [-0.2, 0) is 19.1 Å². The molecule has 118 valence electrons. The fourth-order valence-electron chi connectivity index (χ4n) is 1.68. The first-order valence-corrected chi connectivity index (χ1v) is 7.41. The van der Waals surface area contributed by atoms with Crippen molar-refractivity contribution >= 4 is 11.9 Å². The van der Waals surface area contributed by atoms with E-state index in [1.165, 1.54) is 0 Å². The van der Waals surface area contributed by atoms with Crippen molar-refractivity contribution in [2.75, 3.05) is 0 Å². The van der Waals surface area contributed by atoms with Crippen molar-refractivity contribution < 1.29 is 19.1 Å². The highest BCUT2D eigenvalue weighted by Crippen LogP contribution is 2.19. The fraction of sp³-hybridized carbons (Fsp3) is 0.867. The zero-order valence-corrected chi connectivity index (χ0v) is 13.5. The molecule has 4 atom stereocenters. The molecule has 0 bridgehead atoms. The van der Waals surface area contributed by atoms with Crippen molar-refractivity contribution in [3.63, 3.8) is 0 Å². The Labute approximate surface area is 122 Å². The highest BCUT2D eigenvalue weighted by molar-refractivity contribution is 5.75. The largest absolute Gasteiger partial charge is 0.458 e. The van der Waals surface area contributed by atoms with Crippen molar-refractivity contribution in [2.24, 2.45) is 17.6 Å². The number of rotatable bonds is 8. The molecule has 0 unspecified atom stereocenters. The number of carbonyl (C=O) groups is 2. The van der Waals surface area contributed by atoms with Gasteiger partial charge in [-0.15, -0.1) is 0 Å². The van der Waals surface area contributed by atoms with Gasteiger partial charge in [-0.05, 0) is 25.7 Å². The SMILES string of the molecule is CC[C@@H](C)[C@@H](OC(=O)C(C)C)[C@H](C)OC(=O)[C@@H](N)CC. The predicted molar refractivity (Wildman–Crippen MR) is 78.0 cm³/mol. The third-order valence-electron chi connectivity index (χ3n) is 3.44. The van der Waals surface area contributed by atoms with Crippen LogP contribution in [0.5, 0.6) is 0 Å². The minimum Gasteiger partial charge on any atom is -0.458 e. The molecule has 0 radical (unpaired) electrons. The minimum atomic E-state index is -0.629. The van der Waals surface area contributed by atoms with Crippen LogP contribution in [0.25, 0.3) is 0 Å². The van der Waals surface area contributed by atoms with Crippen LogP contribution in [-0.4, -0.2) is 30.2 Å². The van der Waals surface area contributed by atoms with E-state index in [-0.39, 0.29) is 17.8 Å². The van der Waals surface area contributed by atoms with Crippen molar-refractivity contribution in [1.82, 2.24) is 0 Å². The maximum absolute atomic E-state index is 11.8. The zero-order chi connectivity index (χ0) is 15.9. The lowest BCUT2D eigenvalue weighted by molar-refractivity contribution is -0.173. The summed E-state index contributed by atoms with van der Waals surface area (Å²) >= 11 is 0. The number of carbonyl (C=O) groups excluding carboxylic acids is 2. The molecule has 2 N–H and O–H groups in total. The lowest BCUT2D eigenvalue weighted by atomic mass is 9.97. The van der Waals surface area contributed by atoms with Gasteiger partial charge in [-0.25, -0.2) is 0 Å². The summed E-state index contributed by atoms with van der Waals surface area (Å²) in [6.45, 7) is 11.1. The number of esters is 2. The van der Waals surface area contributed by atoms with Crippen LogP contribution in [0.1, 0.15) is 54.4 Å². The van der Waals surface area contributed by atoms with E-state index in [1.807, 2.05) is 20.8 Å². The van der Waals surface area contributed by atoms with E-state index >= 15 is 0 Å². The summed E-state index contributed by atoms with van der Waals surface area (Å²) in [5.74, 6) is -0.826. The summed E-state index contributed by atoms with van der Waals surface area (Å²) in [6, 6.07) is -0.629. The lowest BCUT2D eigenvalue weighted by Crippen LogP contribution is -2.42. The van der Waals surface area contributed by atoms with Gasteiger partial charge in [0.05, 0.1) is 5.92 Å². The predicted octanol–water partition coefficient (Wildman–Crippen LogP) is 2.27. The van der Waals surface area contributed by atoms with Crippen molar-refractivity contribution in [1.29, 1.82) is 0 Å². The average molecular weight is 287 g/mol. The Kier molecular flexibility index (Phi) is 8.46. The van der Waals surface area contributed by atoms with Gasteiger partial charge in [0, 0.05) is 0 Å². The highest BCUT2D eigenvalue weighted by Gasteiger charge is 2.31. The average Bonchev–Trinajstić information content (AvgIpc) is 2.41. The molecule has 0 fully saturated rings. The monoisotopic (exact) mass is 287 g/mol. The Hall–Kier alpha value is -1.10. The summed E-state index contributed by atoms with van der Waals surface area (Å²) in [4.78, 5) is 23.5. The van der Waals surface area contributed by atoms with Crippen LogP contribution < -0.4 is 5.73 Å². The molecule has 0 saturated heterocycles. The summed E-state index contributed by atoms with van der Waals surface area (Å²) in [7, 11) is 0. The van der Waals surface area contributed by atoms with Crippen LogP contribution in [0, 0.1) is 11.8 Å². The molecule has 0 aromatic rings. The summed E-state index contributed by atoms with van der Waals surface area (Å²) in [6.07, 6.45) is 0.406. The van der Waals surface area contributed by atoms with Crippen molar-refractivity contribution in [3.05, 3.63) is 0 Å². The maximum Gasteiger partial charge on any atom is 0.323 e. The standard InChI is InChI=1S/C15H29NO4/c1-7-10(5)13(20-14(17)9(3)4)11(6)19-15(18)12(16)8-2/h9-13H,7-8,16H2,1-6H3/t10-,11+,12+,13-/m1/s1. The van der Waals surface area contributed by atoms with Gasteiger partial charge in [-0.3, -0.25) is 9.59 Å². The van der Waals surface area contributed by atoms with Gasteiger partial charge in [0.2, 0.25) is 0 Å². The second-order valence-electron chi connectivity index (χ2n) is 5.60. The molecule has 0 heterocycles. The molecule has 0 aromatic carbocycles. The van der Waals surface area contributed by atoms with Crippen molar-refractivity contribution in [3.8, 4) is 0 Å². The summed E-state index contributed by atoms with van der Waals surface area (Å²) in [5.41, 5.74) is 5.64. The Morgan fingerprint density at radius 3 is 1.90 bits per heavy atom. The van der Waals surface area contributed by atoms with Crippen molar-refractivity contribution in [2.45, 2.75) is 72.6 Å². The Morgan fingerprint density at radius 1 is 0.950 bits per heavy atom. The summed E-state index contributed by atoms with van der Waals surface area (Å²) < 4.78 is 10.8. The van der Waals surface area contributed by atoms with Crippen LogP contribution in [0.3, 0.4) is 0 Å². The second kappa shape index (κ2) is 8.95. The number of nitrogens with two attached hydrogens (primary N) is 1. The van der Waals surface area contributed by atoms with Crippen LogP contribution in [0.15, 0.2) is 0 Å². The molecule has 20 heavy (non-hydrogen) atoms. The topological polar surface area (TPSA) is 78.6 Å².